The first-order valence-corrected chi connectivity index (χ1v) is 10.0. The predicted octanol–water partition coefficient (Wildman–Crippen LogP) is 1.79. The van der Waals surface area contributed by atoms with Crippen molar-refractivity contribution in [1.82, 2.24) is 19.8 Å². The molecule has 0 saturated carbocycles. The summed E-state index contributed by atoms with van der Waals surface area (Å²) in [4.78, 5) is 27.7. The molecule has 0 bridgehead atoms. The number of halogens is 2. The zero-order chi connectivity index (χ0) is 19.3. The molecule has 4 rings (SSSR count). The second-order valence-corrected chi connectivity index (χ2v) is 7.61. The summed E-state index contributed by atoms with van der Waals surface area (Å²) in [6.45, 7) is 5.56. The van der Waals surface area contributed by atoms with Gasteiger partial charge in [-0.05, 0) is 11.6 Å². The van der Waals surface area contributed by atoms with Crippen molar-refractivity contribution in [3.63, 3.8) is 0 Å². The van der Waals surface area contributed by atoms with Gasteiger partial charge in [0.25, 0.3) is 0 Å². The molecule has 9 heteroatoms. The van der Waals surface area contributed by atoms with Crippen molar-refractivity contribution in [1.29, 1.82) is 0 Å². The molecule has 1 aromatic carbocycles. The number of likely N-dealkylation sites (tertiary alicyclic amines) is 1. The average Bonchev–Trinajstić information content (AvgIpc) is 3.14. The van der Waals surface area contributed by atoms with Gasteiger partial charge in [-0.3, -0.25) is 4.79 Å². The standard InChI is InChI=1S/C21H28N6O.2ClH/c22-19-16-25(15-18(19)17-5-2-1-3-6-17)10-7-20(28)26-11-13-27(14-12-26)21-23-8-4-9-24-21;;/h1-6,8-9,18-19H,7,10-16,22H2;2*1H/t18-,19+;;/m0../s1. The molecular weight excluding hydrogens is 423 g/mol. The van der Waals surface area contributed by atoms with E-state index in [1.165, 1.54) is 5.56 Å². The van der Waals surface area contributed by atoms with E-state index in [1.807, 2.05) is 17.0 Å². The van der Waals surface area contributed by atoms with Gasteiger partial charge in [0.1, 0.15) is 0 Å². The molecule has 7 nitrogen and oxygen atoms in total. The van der Waals surface area contributed by atoms with Crippen LogP contribution in [0.25, 0.3) is 0 Å². The minimum Gasteiger partial charge on any atom is -0.339 e. The van der Waals surface area contributed by atoms with E-state index in [0.29, 0.717) is 12.3 Å². The largest absolute Gasteiger partial charge is 0.339 e. The lowest BCUT2D eigenvalue weighted by atomic mass is 9.95. The third-order valence-corrected chi connectivity index (χ3v) is 5.78. The van der Waals surface area contributed by atoms with Crippen molar-refractivity contribution in [2.75, 3.05) is 50.7 Å². The summed E-state index contributed by atoms with van der Waals surface area (Å²) in [5, 5.41) is 0. The first-order valence-electron chi connectivity index (χ1n) is 10.0. The molecule has 0 spiro atoms. The van der Waals surface area contributed by atoms with Crippen molar-refractivity contribution in [2.24, 2.45) is 5.73 Å². The SMILES string of the molecule is Cl.Cl.N[C@@H]1CN(CCC(=O)N2CCN(c3ncccn3)CC2)C[C@H]1c1ccccc1. The molecule has 0 radical (unpaired) electrons. The maximum Gasteiger partial charge on any atom is 0.225 e. The maximum atomic E-state index is 12.6. The smallest absolute Gasteiger partial charge is 0.225 e. The Balaban J connectivity index is 0.00000160. The normalized spacial score (nSPS) is 21.6. The fraction of sp³-hybridized carbons (Fsp3) is 0.476. The summed E-state index contributed by atoms with van der Waals surface area (Å²) in [7, 11) is 0. The molecule has 2 fully saturated rings. The molecule has 2 atom stereocenters. The number of nitrogens with two attached hydrogens (primary N) is 1. The number of carbonyl (C=O) groups is 1. The van der Waals surface area contributed by atoms with Gasteiger partial charge in [-0.1, -0.05) is 30.3 Å². The Morgan fingerprint density at radius 3 is 2.30 bits per heavy atom. The van der Waals surface area contributed by atoms with Crippen LogP contribution in [0.2, 0.25) is 0 Å². The minimum absolute atomic E-state index is 0. The number of hydrogen-bond donors (Lipinski definition) is 1. The molecule has 2 aliphatic rings. The van der Waals surface area contributed by atoms with Crippen LogP contribution < -0.4 is 10.6 Å². The fourth-order valence-corrected chi connectivity index (χ4v) is 4.17. The molecule has 2 N–H and O–H groups in total. The van der Waals surface area contributed by atoms with Crippen LogP contribution in [0.1, 0.15) is 17.9 Å². The Morgan fingerprint density at radius 2 is 1.63 bits per heavy atom. The first-order chi connectivity index (χ1) is 13.7. The van der Waals surface area contributed by atoms with E-state index >= 15 is 0 Å². The molecule has 1 aromatic heterocycles. The van der Waals surface area contributed by atoms with Gasteiger partial charge < -0.3 is 20.4 Å². The zero-order valence-corrected chi connectivity index (χ0v) is 18.6. The van der Waals surface area contributed by atoms with Gasteiger partial charge in [-0.25, -0.2) is 9.97 Å². The monoisotopic (exact) mass is 452 g/mol. The lowest BCUT2D eigenvalue weighted by molar-refractivity contribution is -0.131. The van der Waals surface area contributed by atoms with Gasteiger partial charge in [-0.2, -0.15) is 0 Å². The summed E-state index contributed by atoms with van der Waals surface area (Å²) in [5.41, 5.74) is 7.66. The lowest BCUT2D eigenvalue weighted by Gasteiger charge is -2.35. The van der Waals surface area contributed by atoms with Gasteiger partial charge >= 0.3 is 0 Å². The van der Waals surface area contributed by atoms with E-state index in [-0.39, 0.29) is 36.8 Å². The molecule has 2 saturated heterocycles. The number of rotatable bonds is 5. The molecular formula is C21H30Cl2N6O. The van der Waals surface area contributed by atoms with Crippen LogP contribution in [0, 0.1) is 0 Å². The van der Waals surface area contributed by atoms with Gasteiger partial charge in [0.05, 0.1) is 0 Å². The number of carbonyl (C=O) groups excluding carboxylic acids is 1. The number of benzene rings is 1. The summed E-state index contributed by atoms with van der Waals surface area (Å²) >= 11 is 0. The lowest BCUT2D eigenvalue weighted by Crippen LogP contribution is -2.49. The number of nitrogens with zero attached hydrogens (tertiary/aromatic N) is 5. The van der Waals surface area contributed by atoms with Crippen molar-refractivity contribution in [3.8, 4) is 0 Å². The number of anilines is 1. The third-order valence-electron chi connectivity index (χ3n) is 5.78. The van der Waals surface area contributed by atoms with E-state index in [2.05, 4.69) is 44.0 Å². The number of piperazine rings is 1. The predicted molar refractivity (Wildman–Crippen MR) is 124 cm³/mol. The Morgan fingerprint density at radius 1 is 0.967 bits per heavy atom. The number of aromatic nitrogens is 2. The van der Waals surface area contributed by atoms with Gasteiger partial charge in [0, 0.05) is 76.6 Å². The highest BCUT2D eigenvalue weighted by molar-refractivity contribution is 5.85. The average molecular weight is 453 g/mol. The molecule has 164 valence electrons. The van der Waals surface area contributed by atoms with Crippen LogP contribution in [0.15, 0.2) is 48.8 Å². The molecule has 2 aliphatic heterocycles. The van der Waals surface area contributed by atoms with E-state index in [1.54, 1.807) is 12.4 Å². The highest BCUT2D eigenvalue weighted by Crippen LogP contribution is 2.26. The highest BCUT2D eigenvalue weighted by atomic mass is 35.5. The Kier molecular flexibility index (Phi) is 9.30. The van der Waals surface area contributed by atoms with E-state index in [4.69, 9.17) is 5.73 Å². The van der Waals surface area contributed by atoms with Crippen molar-refractivity contribution >= 4 is 36.7 Å². The molecule has 1 amide bonds. The van der Waals surface area contributed by atoms with E-state index in [9.17, 15) is 4.79 Å². The first kappa shape index (κ1) is 24.3. The van der Waals surface area contributed by atoms with Crippen molar-refractivity contribution in [2.45, 2.75) is 18.4 Å². The minimum atomic E-state index is 0. The van der Waals surface area contributed by atoms with Crippen LogP contribution in [0.3, 0.4) is 0 Å². The van der Waals surface area contributed by atoms with Crippen molar-refractivity contribution in [3.05, 3.63) is 54.4 Å². The van der Waals surface area contributed by atoms with Crippen LogP contribution in [-0.2, 0) is 4.79 Å². The summed E-state index contributed by atoms with van der Waals surface area (Å²) in [5.74, 6) is 1.32. The molecule has 3 heterocycles. The van der Waals surface area contributed by atoms with E-state index < -0.39 is 0 Å². The Bertz CT molecular complexity index is 774. The van der Waals surface area contributed by atoms with Gasteiger partial charge in [0.15, 0.2) is 0 Å². The second kappa shape index (κ2) is 11.5. The molecule has 0 unspecified atom stereocenters. The Hall–Kier alpha value is -1.93. The zero-order valence-electron chi connectivity index (χ0n) is 17.0. The van der Waals surface area contributed by atoms with E-state index in [0.717, 1.165) is 51.8 Å². The van der Waals surface area contributed by atoms with Crippen molar-refractivity contribution < 1.29 is 4.79 Å². The second-order valence-electron chi connectivity index (χ2n) is 7.61. The highest BCUT2D eigenvalue weighted by Gasteiger charge is 2.31. The van der Waals surface area contributed by atoms with Crippen LogP contribution in [0.5, 0.6) is 0 Å². The van der Waals surface area contributed by atoms with Crippen LogP contribution in [-0.4, -0.2) is 77.5 Å². The van der Waals surface area contributed by atoms with Gasteiger partial charge in [0.2, 0.25) is 11.9 Å². The fourth-order valence-electron chi connectivity index (χ4n) is 4.17. The third kappa shape index (κ3) is 5.82. The summed E-state index contributed by atoms with van der Waals surface area (Å²) in [6, 6.07) is 12.4. The quantitative estimate of drug-likeness (QED) is 0.744. The molecule has 30 heavy (non-hydrogen) atoms. The maximum absolute atomic E-state index is 12.6. The Labute approximate surface area is 190 Å². The number of hydrogen-bond acceptors (Lipinski definition) is 6. The topological polar surface area (TPSA) is 78.6 Å². The molecule has 0 aliphatic carbocycles. The van der Waals surface area contributed by atoms with Crippen LogP contribution in [0.4, 0.5) is 5.95 Å². The van der Waals surface area contributed by atoms with Crippen LogP contribution >= 0.6 is 24.8 Å². The summed E-state index contributed by atoms with van der Waals surface area (Å²) < 4.78 is 0. The molecule has 2 aromatic rings. The summed E-state index contributed by atoms with van der Waals surface area (Å²) in [6.07, 6.45) is 4.06. The van der Waals surface area contributed by atoms with Gasteiger partial charge in [-0.15, -0.1) is 24.8 Å². The number of amides is 1.